The largest absolute Gasteiger partial charge is 0.507 e. The van der Waals surface area contributed by atoms with Crippen molar-refractivity contribution in [1.82, 2.24) is 10.6 Å². The Kier molecular flexibility index (Phi) is 6.75. The van der Waals surface area contributed by atoms with E-state index >= 15 is 0 Å². The van der Waals surface area contributed by atoms with Gasteiger partial charge in [-0.2, -0.15) is 0 Å². The van der Waals surface area contributed by atoms with Crippen LogP contribution in [0.15, 0.2) is 47.8 Å². The molecule has 0 aromatic carbocycles. The summed E-state index contributed by atoms with van der Waals surface area (Å²) in [5.41, 5.74) is -0.173. The number of hydrogen-bond donors (Lipinski definition) is 3. The van der Waals surface area contributed by atoms with Crippen molar-refractivity contribution in [3.63, 3.8) is 0 Å². The molecule has 3 aliphatic carbocycles. The number of aliphatic hydroxyl groups excluding tert-OH is 1. The summed E-state index contributed by atoms with van der Waals surface area (Å²) in [6, 6.07) is -0.675. The predicted molar refractivity (Wildman–Crippen MR) is 134 cm³/mol. The SMILES string of the molecule is CC(=O)[C@H]1[C@@H]2C=C[C@@H]3[C@H]4C/C=C/C(=O)NCCC[C@@H]5NC(=O)C(=C(O)/C=C/[C@@H]4C[C@@H]3[C@H]2C[C@H]1C)C5=O. The van der Waals surface area contributed by atoms with Crippen LogP contribution in [0.4, 0.5) is 0 Å². The number of allylic oxidation sites excluding steroid dienone is 5. The number of aliphatic hydroxyl groups is 1. The van der Waals surface area contributed by atoms with Crippen LogP contribution in [0.3, 0.4) is 0 Å². The van der Waals surface area contributed by atoms with Crippen molar-refractivity contribution in [3.05, 3.63) is 47.8 Å². The number of carbonyl (C=O) groups is 4. The first-order valence-electron chi connectivity index (χ1n) is 13.4. The van der Waals surface area contributed by atoms with Gasteiger partial charge in [0.15, 0.2) is 5.78 Å². The first-order valence-corrected chi connectivity index (χ1v) is 13.4. The molecule has 2 aliphatic heterocycles. The maximum atomic E-state index is 12.8. The summed E-state index contributed by atoms with van der Waals surface area (Å²) in [5, 5.41) is 16.2. The van der Waals surface area contributed by atoms with E-state index in [1.54, 1.807) is 13.0 Å². The number of rotatable bonds is 1. The molecule has 3 fully saturated rings. The molecule has 9 atom stereocenters. The van der Waals surface area contributed by atoms with Gasteiger partial charge >= 0.3 is 0 Å². The Labute approximate surface area is 212 Å². The normalized spacial score (nSPS) is 42.3. The first-order chi connectivity index (χ1) is 17.3. The highest BCUT2D eigenvalue weighted by Gasteiger charge is 2.53. The number of carbonyl (C=O) groups excluding carboxylic acids is 4. The second-order valence-electron chi connectivity index (χ2n) is 11.4. The van der Waals surface area contributed by atoms with Crippen molar-refractivity contribution < 1.29 is 24.3 Å². The molecule has 5 rings (SSSR count). The topological polar surface area (TPSA) is 113 Å². The fourth-order valence-electron chi connectivity index (χ4n) is 7.81. The van der Waals surface area contributed by atoms with Gasteiger partial charge in [0.25, 0.3) is 5.91 Å². The van der Waals surface area contributed by atoms with Crippen LogP contribution >= 0.6 is 0 Å². The van der Waals surface area contributed by atoms with Gasteiger partial charge in [0.2, 0.25) is 5.91 Å². The quantitative estimate of drug-likeness (QED) is 0.384. The second-order valence-corrected chi connectivity index (χ2v) is 11.4. The summed E-state index contributed by atoms with van der Waals surface area (Å²) in [6.07, 6.45) is 15.2. The smallest absolute Gasteiger partial charge is 0.259 e. The fraction of sp³-hybridized carbons (Fsp3) is 0.586. The lowest BCUT2D eigenvalue weighted by molar-refractivity contribution is -0.123. The molecule has 0 unspecified atom stereocenters. The van der Waals surface area contributed by atoms with Crippen LogP contribution in [0.25, 0.3) is 0 Å². The lowest BCUT2D eigenvalue weighted by Crippen LogP contribution is -2.31. The Hall–Kier alpha value is -2.96. The van der Waals surface area contributed by atoms with Crippen molar-refractivity contribution in [2.24, 2.45) is 47.3 Å². The molecule has 36 heavy (non-hydrogen) atoms. The van der Waals surface area contributed by atoms with Crippen molar-refractivity contribution in [2.45, 2.75) is 52.0 Å². The molecule has 7 nitrogen and oxygen atoms in total. The molecule has 7 heteroatoms. The summed E-state index contributed by atoms with van der Waals surface area (Å²) in [6.45, 7) is 4.30. The van der Waals surface area contributed by atoms with Crippen LogP contribution < -0.4 is 10.6 Å². The van der Waals surface area contributed by atoms with Gasteiger partial charge in [0, 0.05) is 12.5 Å². The average Bonchev–Trinajstić information content (AvgIpc) is 3.44. The van der Waals surface area contributed by atoms with Crippen LogP contribution in [0, 0.1) is 47.3 Å². The Morgan fingerprint density at radius 3 is 2.53 bits per heavy atom. The lowest BCUT2D eigenvalue weighted by atomic mass is 9.69. The highest BCUT2D eigenvalue weighted by Crippen LogP contribution is 2.58. The molecule has 2 heterocycles. The third-order valence-corrected chi connectivity index (χ3v) is 9.32. The first kappa shape index (κ1) is 24.7. The van der Waals surface area contributed by atoms with E-state index in [-0.39, 0.29) is 46.7 Å². The monoisotopic (exact) mass is 492 g/mol. The molecule has 0 radical (unpaired) electrons. The molecule has 0 spiro atoms. The Balaban J connectivity index is 1.46. The van der Waals surface area contributed by atoms with Crippen LogP contribution in [-0.2, 0) is 19.2 Å². The second kappa shape index (κ2) is 9.83. The molecule has 2 bridgehead atoms. The average molecular weight is 493 g/mol. The number of ketones is 2. The van der Waals surface area contributed by atoms with Crippen LogP contribution in [0.1, 0.15) is 46.0 Å². The van der Waals surface area contributed by atoms with E-state index in [0.29, 0.717) is 43.1 Å². The number of amides is 2. The number of nitrogens with one attached hydrogen (secondary N) is 2. The summed E-state index contributed by atoms with van der Waals surface area (Å²) in [5.74, 6) is 1.15. The molecule has 3 N–H and O–H groups in total. The van der Waals surface area contributed by atoms with Crippen LogP contribution in [-0.4, -0.2) is 41.1 Å². The van der Waals surface area contributed by atoms with Gasteiger partial charge in [-0.15, -0.1) is 0 Å². The van der Waals surface area contributed by atoms with Gasteiger partial charge in [-0.3, -0.25) is 19.2 Å². The van der Waals surface area contributed by atoms with Gasteiger partial charge < -0.3 is 15.7 Å². The minimum absolute atomic E-state index is 0.0759. The molecular formula is C29H36N2O5. The van der Waals surface area contributed by atoms with Crippen LogP contribution in [0.5, 0.6) is 0 Å². The summed E-state index contributed by atoms with van der Waals surface area (Å²) in [4.78, 5) is 49.9. The highest BCUT2D eigenvalue weighted by molar-refractivity contribution is 6.27. The van der Waals surface area contributed by atoms with E-state index in [1.807, 2.05) is 12.2 Å². The Morgan fingerprint density at radius 1 is 1.00 bits per heavy atom. The van der Waals surface area contributed by atoms with Gasteiger partial charge in [0.1, 0.15) is 17.1 Å². The zero-order valence-electron chi connectivity index (χ0n) is 21.0. The number of fused-ring (bicyclic) bond motifs is 7. The van der Waals surface area contributed by atoms with Gasteiger partial charge in [-0.05, 0) is 92.6 Å². The van der Waals surface area contributed by atoms with E-state index < -0.39 is 17.7 Å². The van der Waals surface area contributed by atoms with E-state index in [9.17, 15) is 24.3 Å². The standard InChI is InChI=1S/C29H36N2O5/c1-15-13-21-20(26(15)16(2)32)10-9-19-18-5-3-7-25(34)30-12-4-6-23-28(35)27(29(36)31-23)24(33)11-8-17(18)14-22(19)21/h3,7-11,15,17-23,26,33H,4-6,12-14H2,1-2H3,(H,30,34)(H,31,36)/b7-3+,11-8+,27-24?/t15-,17-,18+,19-,20-,21+,22+,23+,26+/m1/s1. The Morgan fingerprint density at radius 2 is 1.75 bits per heavy atom. The summed E-state index contributed by atoms with van der Waals surface area (Å²) < 4.78 is 0. The van der Waals surface area contributed by atoms with Gasteiger partial charge in [-0.1, -0.05) is 31.2 Å². The third kappa shape index (κ3) is 4.37. The van der Waals surface area contributed by atoms with E-state index in [1.165, 1.54) is 6.08 Å². The van der Waals surface area contributed by atoms with E-state index in [4.69, 9.17) is 0 Å². The number of hydrogen-bond acceptors (Lipinski definition) is 5. The maximum absolute atomic E-state index is 12.8. The molecule has 2 saturated carbocycles. The van der Waals surface area contributed by atoms with Gasteiger partial charge in [-0.25, -0.2) is 0 Å². The molecule has 1 saturated heterocycles. The summed E-state index contributed by atoms with van der Waals surface area (Å²) >= 11 is 0. The van der Waals surface area contributed by atoms with Crippen molar-refractivity contribution in [2.75, 3.05) is 6.54 Å². The van der Waals surface area contributed by atoms with Crippen molar-refractivity contribution >= 4 is 23.4 Å². The van der Waals surface area contributed by atoms with Crippen molar-refractivity contribution in [3.8, 4) is 0 Å². The molecule has 2 amide bonds. The third-order valence-electron chi connectivity index (χ3n) is 9.32. The fourth-order valence-corrected chi connectivity index (χ4v) is 7.81. The van der Waals surface area contributed by atoms with Crippen molar-refractivity contribution in [1.29, 1.82) is 0 Å². The minimum atomic E-state index is -0.675. The van der Waals surface area contributed by atoms with Gasteiger partial charge in [0.05, 0.1) is 6.04 Å². The Bertz CT molecular complexity index is 1090. The lowest BCUT2D eigenvalue weighted by Gasteiger charge is -2.35. The molecule has 5 aliphatic rings. The molecular weight excluding hydrogens is 456 g/mol. The molecule has 192 valence electrons. The van der Waals surface area contributed by atoms with E-state index in [0.717, 1.165) is 19.3 Å². The molecule has 0 aromatic rings. The predicted octanol–water partition coefficient (Wildman–Crippen LogP) is 3.19. The number of Topliss-reactive ketones (excluding diaryl/α,β-unsaturated/α-hetero) is 2. The van der Waals surface area contributed by atoms with E-state index in [2.05, 4.69) is 29.7 Å². The minimum Gasteiger partial charge on any atom is -0.507 e. The molecule has 0 aromatic heterocycles. The summed E-state index contributed by atoms with van der Waals surface area (Å²) in [7, 11) is 0. The zero-order valence-corrected chi connectivity index (χ0v) is 21.0. The maximum Gasteiger partial charge on any atom is 0.259 e. The van der Waals surface area contributed by atoms with Crippen LogP contribution in [0.2, 0.25) is 0 Å². The zero-order chi connectivity index (χ0) is 25.6. The highest BCUT2D eigenvalue weighted by atomic mass is 16.3.